The number of carbonyl (C=O) groups excluding carboxylic acids is 3. The number of fused-ring (bicyclic) bond motifs is 1. The van der Waals surface area contributed by atoms with Crippen LogP contribution in [0.2, 0.25) is 0 Å². The second-order valence-corrected chi connectivity index (χ2v) is 8.57. The Kier molecular flexibility index (Phi) is 6.51. The van der Waals surface area contributed by atoms with Gasteiger partial charge < -0.3 is 10.1 Å². The van der Waals surface area contributed by atoms with Crippen molar-refractivity contribution < 1.29 is 27.5 Å². The minimum Gasteiger partial charge on any atom is -0.462 e. The van der Waals surface area contributed by atoms with Gasteiger partial charge in [0.25, 0.3) is 15.9 Å². The molecule has 0 unspecified atom stereocenters. The van der Waals surface area contributed by atoms with Gasteiger partial charge in [-0.25, -0.2) is 17.5 Å². The zero-order valence-corrected chi connectivity index (χ0v) is 17.3. The second kappa shape index (κ2) is 9.08. The third-order valence-electron chi connectivity index (χ3n) is 4.59. The van der Waals surface area contributed by atoms with Gasteiger partial charge in [0.15, 0.2) is 0 Å². The molecule has 0 aromatic heterocycles. The molecule has 1 N–H and O–H groups in total. The molecule has 8 nitrogen and oxygen atoms in total. The molecule has 3 rings (SSSR count). The van der Waals surface area contributed by atoms with Crippen LogP contribution in [0.25, 0.3) is 0 Å². The number of nitrogens with one attached hydrogen (secondary N) is 1. The van der Waals surface area contributed by atoms with Crippen LogP contribution in [0.5, 0.6) is 0 Å². The standard InChI is InChI=1S/C21H22N2O6S/c1-2-3-14-29-21(26)15-8-10-16(11-9-15)22-19(24)12-13-23-20(25)17-6-4-5-7-18(17)30(23,27)28/h4-11H,2-3,12-14H2,1H3,(H,22,24). The van der Waals surface area contributed by atoms with Gasteiger partial charge >= 0.3 is 5.97 Å². The zero-order chi connectivity index (χ0) is 21.7. The van der Waals surface area contributed by atoms with E-state index >= 15 is 0 Å². The number of anilines is 1. The topological polar surface area (TPSA) is 110 Å². The molecule has 0 fully saturated rings. The zero-order valence-electron chi connectivity index (χ0n) is 16.5. The molecule has 1 aliphatic rings. The molecule has 0 radical (unpaired) electrons. The highest BCUT2D eigenvalue weighted by molar-refractivity contribution is 7.90. The Morgan fingerprint density at radius 2 is 1.77 bits per heavy atom. The van der Waals surface area contributed by atoms with E-state index in [0.29, 0.717) is 22.2 Å². The Morgan fingerprint density at radius 1 is 1.07 bits per heavy atom. The predicted octanol–water partition coefficient (Wildman–Crippen LogP) is 2.82. The molecular formula is C21H22N2O6S. The molecular weight excluding hydrogens is 408 g/mol. The summed E-state index contributed by atoms with van der Waals surface area (Å²) in [6.45, 7) is 2.10. The third-order valence-corrected chi connectivity index (χ3v) is 6.43. The van der Waals surface area contributed by atoms with Crippen LogP contribution in [0.4, 0.5) is 5.69 Å². The molecule has 1 heterocycles. The minimum absolute atomic E-state index is 0.0446. The molecule has 2 aromatic carbocycles. The predicted molar refractivity (Wildman–Crippen MR) is 110 cm³/mol. The Hall–Kier alpha value is -3.20. The van der Waals surface area contributed by atoms with Gasteiger partial charge in [-0.05, 0) is 42.8 Å². The van der Waals surface area contributed by atoms with Crippen LogP contribution >= 0.6 is 0 Å². The van der Waals surface area contributed by atoms with E-state index in [0.717, 1.165) is 12.8 Å². The van der Waals surface area contributed by atoms with Gasteiger partial charge in [0, 0.05) is 18.7 Å². The number of esters is 1. The van der Waals surface area contributed by atoms with Crippen LogP contribution in [0.3, 0.4) is 0 Å². The lowest BCUT2D eigenvalue weighted by Gasteiger charge is -2.14. The van der Waals surface area contributed by atoms with Crippen molar-refractivity contribution in [3.8, 4) is 0 Å². The summed E-state index contributed by atoms with van der Waals surface area (Å²) in [5.74, 6) is -1.52. The first-order valence-electron chi connectivity index (χ1n) is 9.57. The van der Waals surface area contributed by atoms with Crippen molar-refractivity contribution in [3.05, 3.63) is 59.7 Å². The maximum Gasteiger partial charge on any atom is 0.338 e. The normalized spacial score (nSPS) is 14.3. The quantitative estimate of drug-likeness (QED) is 0.509. The van der Waals surface area contributed by atoms with E-state index in [4.69, 9.17) is 4.74 Å². The highest BCUT2D eigenvalue weighted by Crippen LogP contribution is 2.29. The Labute approximate surface area is 174 Å². The number of hydrogen-bond donors (Lipinski definition) is 1. The molecule has 2 aromatic rings. The highest BCUT2D eigenvalue weighted by atomic mass is 32.2. The molecule has 2 amide bonds. The summed E-state index contributed by atoms with van der Waals surface area (Å²) < 4.78 is 30.8. The molecule has 9 heteroatoms. The fourth-order valence-corrected chi connectivity index (χ4v) is 4.53. The summed E-state index contributed by atoms with van der Waals surface area (Å²) in [4.78, 5) is 36.4. The lowest BCUT2D eigenvalue weighted by Crippen LogP contribution is -2.33. The van der Waals surface area contributed by atoms with E-state index in [1.807, 2.05) is 6.92 Å². The Bertz CT molecular complexity index is 1060. The van der Waals surface area contributed by atoms with Crippen molar-refractivity contribution in [1.82, 2.24) is 4.31 Å². The molecule has 0 spiro atoms. The minimum atomic E-state index is -3.94. The molecule has 0 aliphatic carbocycles. The van der Waals surface area contributed by atoms with Crippen molar-refractivity contribution in [2.45, 2.75) is 31.1 Å². The number of carbonyl (C=O) groups is 3. The maximum atomic E-state index is 12.5. The van der Waals surface area contributed by atoms with Crippen LogP contribution < -0.4 is 5.32 Å². The lowest BCUT2D eigenvalue weighted by atomic mass is 10.2. The van der Waals surface area contributed by atoms with Gasteiger partial charge in [-0.3, -0.25) is 9.59 Å². The molecule has 0 saturated heterocycles. The second-order valence-electron chi connectivity index (χ2n) is 6.74. The first-order valence-corrected chi connectivity index (χ1v) is 11.0. The van der Waals surface area contributed by atoms with Crippen LogP contribution in [-0.4, -0.2) is 43.7 Å². The van der Waals surface area contributed by atoms with Crippen LogP contribution in [0, 0.1) is 0 Å². The van der Waals surface area contributed by atoms with Crippen molar-refractivity contribution in [3.63, 3.8) is 0 Å². The third kappa shape index (κ3) is 4.51. The number of hydrogen-bond acceptors (Lipinski definition) is 6. The average molecular weight is 430 g/mol. The van der Waals surface area contributed by atoms with Crippen LogP contribution in [0.1, 0.15) is 46.9 Å². The molecule has 158 valence electrons. The summed E-state index contributed by atoms with van der Waals surface area (Å²) in [6.07, 6.45) is 1.52. The summed E-state index contributed by atoms with van der Waals surface area (Å²) >= 11 is 0. The molecule has 1 aliphatic heterocycles. The van der Waals surface area contributed by atoms with Gasteiger partial charge in [0.1, 0.15) is 4.90 Å². The number of rotatable bonds is 8. The van der Waals surface area contributed by atoms with Crippen molar-refractivity contribution >= 4 is 33.5 Å². The van der Waals surface area contributed by atoms with Crippen LogP contribution in [-0.2, 0) is 19.6 Å². The van der Waals surface area contributed by atoms with E-state index < -0.39 is 27.8 Å². The van der Waals surface area contributed by atoms with E-state index in [2.05, 4.69) is 5.32 Å². The largest absolute Gasteiger partial charge is 0.462 e. The number of unbranched alkanes of at least 4 members (excludes halogenated alkanes) is 1. The van der Waals surface area contributed by atoms with Crippen LogP contribution in [0.15, 0.2) is 53.4 Å². The van der Waals surface area contributed by atoms with E-state index in [1.54, 1.807) is 24.3 Å². The monoisotopic (exact) mass is 430 g/mol. The van der Waals surface area contributed by atoms with Gasteiger partial charge in [-0.15, -0.1) is 0 Å². The summed E-state index contributed by atoms with van der Waals surface area (Å²) in [6, 6.07) is 12.1. The first-order chi connectivity index (χ1) is 14.3. The lowest BCUT2D eigenvalue weighted by molar-refractivity contribution is -0.116. The van der Waals surface area contributed by atoms with Gasteiger partial charge in [-0.1, -0.05) is 25.5 Å². The first kappa shape index (κ1) is 21.5. The molecule has 0 saturated carbocycles. The average Bonchev–Trinajstić information content (AvgIpc) is 2.93. The Morgan fingerprint density at radius 3 is 2.43 bits per heavy atom. The van der Waals surface area contributed by atoms with Gasteiger partial charge in [0.05, 0.1) is 17.7 Å². The fourth-order valence-electron chi connectivity index (χ4n) is 2.96. The SMILES string of the molecule is CCCCOC(=O)c1ccc(NC(=O)CCN2C(=O)c3ccccc3S2(=O)=O)cc1. The van der Waals surface area contributed by atoms with Crippen molar-refractivity contribution in [1.29, 1.82) is 0 Å². The maximum absolute atomic E-state index is 12.5. The van der Waals surface area contributed by atoms with E-state index in [1.165, 1.54) is 24.3 Å². The number of amides is 2. The van der Waals surface area contributed by atoms with Crippen molar-refractivity contribution in [2.24, 2.45) is 0 Å². The highest BCUT2D eigenvalue weighted by Gasteiger charge is 2.40. The molecule has 0 bridgehead atoms. The fraction of sp³-hybridized carbons (Fsp3) is 0.286. The van der Waals surface area contributed by atoms with Gasteiger partial charge in [0.2, 0.25) is 5.91 Å². The number of sulfonamides is 1. The van der Waals surface area contributed by atoms with Gasteiger partial charge in [-0.2, -0.15) is 0 Å². The number of benzene rings is 2. The molecule has 0 atom stereocenters. The summed E-state index contributed by atoms with van der Waals surface area (Å²) in [5, 5.41) is 2.62. The molecule has 30 heavy (non-hydrogen) atoms. The Balaban J connectivity index is 1.55. The summed E-state index contributed by atoms with van der Waals surface area (Å²) in [7, 11) is -3.94. The smallest absolute Gasteiger partial charge is 0.338 e. The number of nitrogens with zero attached hydrogens (tertiary/aromatic N) is 1. The van der Waals surface area contributed by atoms with Crippen molar-refractivity contribution in [2.75, 3.05) is 18.5 Å². The number of ether oxygens (including phenoxy) is 1. The van der Waals surface area contributed by atoms with E-state index in [9.17, 15) is 22.8 Å². The summed E-state index contributed by atoms with van der Waals surface area (Å²) in [5.41, 5.74) is 0.930. The van der Waals surface area contributed by atoms with E-state index in [-0.39, 0.29) is 23.4 Å².